The number of aromatic nitrogens is 2. The summed E-state index contributed by atoms with van der Waals surface area (Å²) in [6.45, 7) is 5.05. The van der Waals surface area contributed by atoms with Crippen molar-refractivity contribution in [2.75, 3.05) is 6.54 Å². The lowest BCUT2D eigenvalue weighted by atomic mass is 10.1. The summed E-state index contributed by atoms with van der Waals surface area (Å²) < 4.78 is 0.989. The summed E-state index contributed by atoms with van der Waals surface area (Å²) in [6.07, 6.45) is 4.67. The third kappa shape index (κ3) is 4.26. The zero-order valence-electron chi connectivity index (χ0n) is 9.33. The number of nitrogens with zero attached hydrogens (tertiary/aromatic N) is 2. The van der Waals surface area contributed by atoms with Gasteiger partial charge in [0.1, 0.15) is 5.82 Å². The van der Waals surface area contributed by atoms with E-state index in [-0.39, 0.29) is 0 Å². The Hall–Kier alpha value is -0.480. The molecule has 0 aliphatic heterocycles. The molecule has 0 radical (unpaired) electrons. The third-order valence-corrected chi connectivity index (χ3v) is 2.74. The smallest absolute Gasteiger partial charge is 0.128 e. The van der Waals surface area contributed by atoms with Gasteiger partial charge in [0.2, 0.25) is 0 Å². The average Bonchev–Trinajstić information content (AvgIpc) is 2.18. The summed E-state index contributed by atoms with van der Waals surface area (Å²) in [4.78, 5) is 8.83. The molecule has 1 rings (SSSR count). The normalized spacial score (nSPS) is 11.0. The second kappa shape index (κ2) is 6.18. The summed E-state index contributed by atoms with van der Waals surface area (Å²) in [5.74, 6) is 1.52. The molecule has 0 atom stereocenters. The first kappa shape index (κ1) is 12.6. The summed E-state index contributed by atoms with van der Waals surface area (Å²) in [5.41, 5.74) is 6.56. The van der Waals surface area contributed by atoms with E-state index in [2.05, 4.69) is 39.7 Å². The largest absolute Gasteiger partial charge is 0.330 e. The highest BCUT2D eigenvalue weighted by molar-refractivity contribution is 9.10. The van der Waals surface area contributed by atoms with Gasteiger partial charge in [-0.15, -0.1) is 0 Å². The SMILES string of the molecule is CC(C)Cc1ncc(Br)c(CCCN)n1. The quantitative estimate of drug-likeness (QED) is 0.895. The van der Waals surface area contributed by atoms with Crippen LogP contribution in [0.3, 0.4) is 0 Å². The van der Waals surface area contributed by atoms with Gasteiger partial charge >= 0.3 is 0 Å². The molecule has 0 saturated carbocycles. The molecule has 15 heavy (non-hydrogen) atoms. The maximum Gasteiger partial charge on any atom is 0.128 e. The van der Waals surface area contributed by atoms with Crippen LogP contribution in [0.4, 0.5) is 0 Å². The topological polar surface area (TPSA) is 51.8 Å². The lowest BCUT2D eigenvalue weighted by molar-refractivity contribution is 0.615. The Morgan fingerprint density at radius 2 is 2.20 bits per heavy atom. The highest BCUT2D eigenvalue weighted by Crippen LogP contribution is 2.15. The van der Waals surface area contributed by atoms with Crippen molar-refractivity contribution in [3.8, 4) is 0 Å². The van der Waals surface area contributed by atoms with Crippen molar-refractivity contribution in [2.45, 2.75) is 33.1 Å². The maximum atomic E-state index is 5.49. The van der Waals surface area contributed by atoms with Crippen LogP contribution in [0.1, 0.15) is 31.8 Å². The van der Waals surface area contributed by atoms with Crippen LogP contribution in [0.5, 0.6) is 0 Å². The van der Waals surface area contributed by atoms with Crippen LogP contribution in [0, 0.1) is 5.92 Å². The molecule has 1 heterocycles. The van der Waals surface area contributed by atoms with Gasteiger partial charge in [-0.2, -0.15) is 0 Å². The van der Waals surface area contributed by atoms with Gasteiger partial charge in [-0.1, -0.05) is 13.8 Å². The van der Waals surface area contributed by atoms with Gasteiger partial charge in [0.25, 0.3) is 0 Å². The summed E-state index contributed by atoms with van der Waals surface area (Å²) in [6, 6.07) is 0. The van der Waals surface area contributed by atoms with Gasteiger partial charge in [-0.3, -0.25) is 0 Å². The van der Waals surface area contributed by atoms with Crippen molar-refractivity contribution < 1.29 is 0 Å². The molecular weight excluding hydrogens is 254 g/mol. The molecule has 0 aromatic carbocycles. The number of aryl methyl sites for hydroxylation is 1. The highest BCUT2D eigenvalue weighted by Gasteiger charge is 2.06. The van der Waals surface area contributed by atoms with Gasteiger partial charge in [0.05, 0.1) is 10.2 Å². The summed E-state index contributed by atoms with van der Waals surface area (Å²) >= 11 is 3.46. The lowest BCUT2D eigenvalue weighted by Crippen LogP contribution is -2.06. The number of hydrogen-bond acceptors (Lipinski definition) is 3. The summed E-state index contributed by atoms with van der Waals surface area (Å²) in [7, 11) is 0. The molecule has 2 N–H and O–H groups in total. The van der Waals surface area contributed by atoms with E-state index >= 15 is 0 Å². The van der Waals surface area contributed by atoms with Crippen LogP contribution in [0.25, 0.3) is 0 Å². The van der Waals surface area contributed by atoms with E-state index < -0.39 is 0 Å². The average molecular weight is 272 g/mol. The van der Waals surface area contributed by atoms with Crippen molar-refractivity contribution in [2.24, 2.45) is 11.7 Å². The van der Waals surface area contributed by atoms with Crippen LogP contribution < -0.4 is 5.73 Å². The molecule has 1 aromatic heterocycles. The van der Waals surface area contributed by atoms with Gasteiger partial charge in [0, 0.05) is 12.6 Å². The zero-order chi connectivity index (χ0) is 11.3. The number of halogens is 1. The first-order valence-corrected chi connectivity index (χ1v) is 6.13. The van der Waals surface area contributed by atoms with Crippen LogP contribution >= 0.6 is 15.9 Å². The molecule has 0 aliphatic rings. The van der Waals surface area contributed by atoms with Crippen molar-refractivity contribution in [1.29, 1.82) is 0 Å². The van der Waals surface area contributed by atoms with E-state index in [1.54, 1.807) is 0 Å². The van der Waals surface area contributed by atoms with Gasteiger partial charge in [-0.25, -0.2) is 9.97 Å². The molecule has 4 heteroatoms. The van der Waals surface area contributed by atoms with Crippen LogP contribution in [0.15, 0.2) is 10.7 Å². The van der Waals surface area contributed by atoms with E-state index in [1.165, 1.54) is 0 Å². The molecule has 84 valence electrons. The second-order valence-electron chi connectivity index (χ2n) is 4.07. The number of nitrogens with two attached hydrogens (primary N) is 1. The van der Waals surface area contributed by atoms with E-state index in [0.29, 0.717) is 12.5 Å². The van der Waals surface area contributed by atoms with E-state index in [0.717, 1.165) is 35.3 Å². The highest BCUT2D eigenvalue weighted by atomic mass is 79.9. The molecule has 3 nitrogen and oxygen atoms in total. The predicted molar refractivity (Wildman–Crippen MR) is 65.6 cm³/mol. The fraction of sp³-hybridized carbons (Fsp3) is 0.636. The minimum Gasteiger partial charge on any atom is -0.330 e. The first-order chi connectivity index (χ1) is 7.13. The Balaban J connectivity index is 2.75. The zero-order valence-corrected chi connectivity index (χ0v) is 10.9. The Morgan fingerprint density at radius 3 is 2.80 bits per heavy atom. The lowest BCUT2D eigenvalue weighted by Gasteiger charge is -2.07. The molecule has 0 spiro atoms. The molecule has 0 unspecified atom stereocenters. The van der Waals surface area contributed by atoms with Crippen molar-refractivity contribution in [3.05, 3.63) is 22.2 Å². The van der Waals surface area contributed by atoms with Crippen molar-refractivity contribution in [1.82, 2.24) is 9.97 Å². The van der Waals surface area contributed by atoms with Crippen LogP contribution in [0.2, 0.25) is 0 Å². The van der Waals surface area contributed by atoms with Gasteiger partial charge in [0.15, 0.2) is 0 Å². The van der Waals surface area contributed by atoms with Gasteiger partial charge < -0.3 is 5.73 Å². The standard InChI is InChI=1S/C11H18BrN3/c1-8(2)6-11-14-7-9(12)10(15-11)4-3-5-13/h7-8H,3-6,13H2,1-2H3. The fourth-order valence-corrected chi connectivity index (χ4v) is 1.74. The van der Waals surface area contributed by atoms with Crippen LogP contribution in [-0.4, -0.2) is 16.5 Å². The van der Waals surface area contributed by atoms with Crippen molar-refractivity contribution >= 4 is 15.9 Å². The second-order valence-corrected chi connectivity index (χ2v) is 4.93. The monoisotopic (exact) mass is 271 g/mol. The van der Waals surface area contributed by atoms with E-state index in [4.69, 9.17) is 5.73 Å². The molecule has 0 amide bonds. The Labute approximate surface area is 99.6 Å². The number of rotatable bonds is 5. The van der Waals surface area contributed by atoms with E-state index in [1.807, 2.05) is 6.20 Å². The van der Waals surface area contributed by atoms with Gasteiger partial charge in [-0.05, 0) is 41.2 Å². The number of hydrogen-bond donors (Lipinski definition) is 1. The fourth-order valence-electron chi connectivity index (χ4n) is 1.35. The first-order valence-electron chi connectivity index (χ1n) is 5.33. The minimum atomic E-state index is 0.591. The predicted octanol–water partition coefficient (Wildman–Crippen LogP) is 2.33. The van der Waals surface area contributed by atoms with Crippen LogP contribution in [-0.2, 0) is 12.8 Å². The molecule has 0 saturated heterocycles. The molecule has 0 aliphatic carbocycles. The maximum absolute atomic E-state index is 5.49. The van der Waals surface area contributed by atoms with E-state index in [9.17, 15) is 0 Å². The summed E-state index contributed by atoms with van der Waals surface area (Å²) in [5, 5.41) is 0. The molecule has 0 fully saturated rings. The molecule has 0 bridgehead atoms. The minimum absolute atomic E-state index is 0.591. The Kier molecular flexibility index (Phi) is 5.19. The Bertz CT molecular complexity index is 313. The molecule has 1 aromatic rings. The molecular formula is C11H18BrN3. The van der Waals surface area contributed by atoms with Crippen molar-refractivity contribution in [3.63, 3.8) is 0 Å². The Morgan fingerprint density at radius 1 is 1.47 bits per heavy atom. The third-order valence-electron chi connectivity index (χ3n) is 2.08.